The fraction of sp³-hybridized carbons (Fsp3) is 0.714. The topological polar surface area (TPSA) is 83.8 Å². The van der Waals surface area contributed by atoms with E-state index in [1.165, 1.54) is 7.11 Å². The van der Waals surface area contributed by atoms with Gasteiger partial charge in [0, 0.05) is 24.7 Å². The summed E-state index contributed by atoms with van der Waals surface area (Å²) in [6.07, 6.45) is 12.9. The highest BCUT2D eigenvalue weighted by Gasteiger charge is 2.39. The number of carbonyl (C=O) groups is 2. The zero-order chi connectivity index (χ0) is 19.4. The molecule has 1 saturated carbocycles. The molecule has 148 valence electrons. The van der Waals surface area contributed by atoms with Gasteiger partial charge in [0.15, 0.2) is 0 Å². The first-order chi connectivity index (χ1) is 12.5. The Balaban J connectivity index is 2.46. The van der Waals surface area contributed by atoms with Gasteiger partial charge in [0.25, 0.3) is 0 Å². The Bertz CT molecular complexity index is 483. The molecule has 4 atom stereocenters. The lowest BCUT2D eigenvalue weighted by Gasteiger charge is -2.17. The van der Waals surface area contributed by atoms with E-state index in [1.54, 1.807) is 12.2 Å². The standard InChI is InChI=1S/C21H34O5/c1-3-4-7-10-16(22)13-14-18-17(19(23)15-20(18)24)11-8-5-6-9-12-21(25)26-2/h5,8,13-14,16-19,22-23H,3-4,6-7,9-12,15H2,1-2H3. The summed E-state index contributed by atoms with van der Waals surface area (Å²) in [6, 6.07) is 0. The predicted octanol–water partition coefficient (Wildman–Crippen LogP) is 3.34. The third kappa shape index (κ3) is 8.28. The molecule has 0 radical (unpaired) electrons. The van der Waals surface area contributed by atoms with Gasteiger partial charge < -0.3 is 14.9 Å². The third-order valence-electron chi connectivity index (χ3n) is 4.94. The van der Waals surface area contributed by atoms with Crippen molar-refractivity contribution in [2.24, 2.45) is 11.8 Å². The number of hydrogen-bond donors (Lipinski definition) is 2. The molecule has 0 aromatic heterocycles. The van der Waals surface area contributed by atoms with Gasteiger partial charge in [0.2, 0.25) is 0 Å². The second-order valence-corrected chi connectivity index (χ2v) is 7.05. The first kappa shape index (κ1) is 22.6. The molecule has 1 fully saturated rings. The zero-order valence-corrected chi connectivity index (χ0v) is 16.1. The second-order valence-electron chi connectivity index (χ2n) is 7.05. The number of ether oxygens (including phenoxy) is 1. The maximum atomic E-state index is 12.1. The minimum absolute atomic E-state index is 0.0404. The van der Waals surface area contributed by atoms with Crippen LogP contribution >= 0.6 is 0 Å². The normalized spacial score (nSPS) is 24.6. The number of carbonyl (C=O) groups excluding carboxylic acids is 2. The van der Waals surface area contributed by atoms with Crippen LogP contribution < -0.4 is 0 Å². The molecule has 0 aromatic rings. The molecular formula is C21H34O5. The lowest BCUT2D eigenvalue weighted by Crippen LogP contribution is -2.19. The number of ketones is 1. The number of unbranched alkanes of at least 4 members (excludes halogenated alkanes) is 3. The van der Waals surface area contributed by atoms with E-state index in [0.29, 0.717) is 19.3 Å². The summed E-state index contributed by atoms with van der Waals surface area (Å²) in [7, 11) is 1.38. The maximum Gasteiger partial charge on any atom is 0.305 e. The van der Waals surface area contributed by atoms with Crippen LogP contribution in [0.15, 0.2) is 24.3 Å². The molecule has 0 aromatic carbocycles. The molecule has 0 saturated heterocycles. The Morgan fingerprint density at radius 2 is 2.08 bits per heavy atom. The number of Topliss-reactive ketones (excluding diaryl/α,β-unsaturated/α-hetero) is 1. The molecule has 26 heavy (non-hydrogen) atoms. The molecule has 4 unspecified atom stereocenters. The molecule has 5 heteroatoms. The summed E-state index contributed by atoms with van der Waals surface area (Å²) in [5, 5.41) is 20.2. The Morgan fingerprint density at radius 1 is 1.31 bits per heavy atom. The van der Waals surface area contributed by atoms with Gasteiger partial charge in [-0.25, -0.2) is 0 Å². The van der Waals surface area contributed by atoms with E-state index in [4.69, 9.17) is 0 Å². The van der Waals surface area contributed by atoms with Crippen LogP contribution in [0.25, 0.3) is 0 Å². The molecule has 2 N–H and O–H groups in total. The number of aliphatic hydroxyl groups is 2. The predicted molar refractivity (Wildman–Crippen MR) is 102 cm³/mol. The fourth-order valence-corrected chi connectivity index (χ4v) is 3.31. The van der Waals surface area contributed by atoms with Crippen molar-refractivity contribution in [1.82, 2.24) is 0 Å². The van der Waals surface area contributed by atoms with E-state index >= 15 is 0 Å². The molecule has 0 spiro atoms. The van der Waals surface area contributed by atoms with Gasteiger partial charge in [-0.05, 0) is 25.7 Å². The first-order valence-corrected chi connectivity index (χ1v) is 9.78. The van der Waals surface area contributed by atoms with Crippen molar-refractivity contribution < 1.29 is 24.5 Å². The van der Waals surface area contributed by atoms with Gasteiger partial charge in [0.1, 0.15) is 5.78 Å². The van der Waals surface area contributed by atoms with E-state index in [2.05, 4.69) is 11.7 Å². The first-order valence-electron chi connectivity index (χ1n) is 9.78. The summed E-state index contributed by atoms with van der Waals surface area (Å²) in [4.78, 5) is 23.2. The van der Waals surface area contributed by atoms with E-state index < -0.39 is 12.2 Å². The SMILES string of the molecule is CCCCCC(O)C=CC1C(=O)CC(O)C1CC=CCCCC(=O)OC. The van der Waals surface area contributed by atoms with Gasteiger partial charge in [-0.2, -0.15) is 0 Å². The van der Waals surface area contributed by atoms with Gasteiger partial charge in [0.05, 0.1) is 19.3 Å². The van der Waals surface area contributed by atoms with Crippen LogP contribution in [0.1, 0.15) is 64.7 Å². The van der Waals surface area contributed by atoms with Crippen LogP contribution in [0.5, 0.6) is 0 Å². The summed E-state index contributed by atoms with van der Waals surface area (Å²) >= 11 is 0. The van der Waals surface area contributed by atoms with Gasteiger partial charge in [-0.3, -0.25) is 9.59 Å². The summed E-state index contributed by atoms with van der Waals surface area (Å²) in [5.74, 6) is -0.638. The molecule has 0 aliphatic heterocycles. The van der Waals surface area contributed by atoms with E-state index in [-0.39, 0.29) is 30.0 Å². The quantitative estimate of drug-likeness (QED) is 0.314. The van der Waals surface area contributed by atoms with Crippen LogP contribution in [-0.4, -0.2) is 41.3 Å². The van der Waals surface area contributed by atoms with Crippen molar-refractivity contribution in [3.63, 3.8) is 0 Å². The highest BCUT2D eigenvalue weighted by Crippen LogP contribution is 2.33. The average molecular weight is 366 g/mol. The van der Waals surface area contributed by atoms with Crippen LogP contribution in [0, 0.1) is 11.8 Å². The van der Waals surface area contributed by atoms with Crippen molar-refractivity contribution in [3.8, 4) is 0 Å². The molecule has 0 heterocycles. The summed E-state index contributed by atoms with van der Waals surface area (Å²) in [6.45, 7) is 2.12. The molecular weight excluding hydrogens is 332 g/mol. The minimum atomic E-state index is -0.630. The van der Waals surface area contributed by atoms with E-state index in [0.717, 1.165) is 32.1 Å². The lowest BCUT2D eigenvalue weighted by molar-refractivity contribution is -0.140. The largest absolute Gasteiger partial charge is 0.469 e. The van der Waals surface area contributed by atoms with Gasteiger partial charge in [-0.15, -0.1) is 0 Å². The lowest BCUT2D eigenvalue weighted by atomic mass is 9.90. The van der Waals surface area contributed by atoms with Crippen LogP contribution in [-0.2, 0) is 14.3 Å². The van der Waals surface area contributed by atoms with Crippen molar-refractivity contribution in [1.29, 1.82) is 0 Å². The molecule has 1 rings (SSSR count). The number of esters is 1. The monoisotopic (exact) mass is 366 g/mol. The van der Waals surface area contributed by atoms with Crippen LogP contribution in [0.4, 0.5) is 0 Å². The third-order valence-corrected chi connectivity index (χ3v) is 4.94. The maximum absolute atomic E-state index is 12.1. The number of hydrogen-bond acceptors (Lipinski definition) is 5. The molecule has 5 nitrogen and oxygen atoms in total. The van der Waals surface area contributed by atoms with Crippen molar-refractivity contribution in [2.45, 2.75) is 76.9 Å². The average Bonchev–Trinajstić information content (AvgIpc) is 2.89. The molecule has 1 aliphatic carbocycles. The summed E-state index contributed by atoms with van der Waals surface area (Å²) in [5.41, 5.74) is 0. The van der Waals surface area contributed by atoms with Crippen molar-refractivity contribution >= 4 is 11.8 Å². The Morgan fingerprint density at radius 3 is 2.77 bits per heavy atom. The smallest absolute Gasteiger partial charge is 0.305 e. The molecule has 0 amide bonds. The highest BCUT2D eigenvalue weighted by atomic mass is 16.5. The Labute approximate surface area is 157 Å². The number of aliphatic hydroxyl groups excluding tert-OH is 2. The Hall–Kier alpha value is -1.46. The van der Waals surface area contributed by atoms with Gasteiger partial charge >= 0.3 is 5.97 Å². The van der Waals surface area contributed by atoms with Crippen molar-refractivity contribution in [2.75, 3.05) is 7.11 Å². The fourth-order valence-electron chi connectivity index (χ4n) is 3.31. The summed E-state index contributed by atoms with van der Waals surface area (Å²) < 4.78 is 4.59. The van der Waals surface area contributed by atoms with Crippen LogP contribution in [0.2, 0.25) is 0 Å². The van der Waals surface area contributed by atoms with Gasteiger partial charge in [-0.1, -0.05) is 50.5 Å². The van der Waals surface area contributed by atoms with Crippen LogP contribution in [0.3, 0.4) is 0 Å². The number of rotatable bonds is 12. The second kappa shape index (κ2) is 12.8. The molecule has 0 bridgehead atoms. The zero-order valence-electron chi connectivity index (χ0n) is 16.1. The Kier molecular flexibility index (Phi) is 11.1. The van der Waals surface area contributed by atoms with E-state index in [9.17, 15) is 19.8 Å². The highest BCUT2D eigenvalue weighted by molar-refractivity contribution is 5.86. The molecule has 1 aliphatic rings. The van der Waals surface area contributed by atoms with Crippen molar-refractivity contribution in [3.05, 3.63) is 24.3 Å². The number of methoxy groups -OCH3 is 1. The number of allylic oxidation sites excluding steroid dienone is 3. The van der Waals surface area contributed by atoms with E-state index in [1.807, 2.05) is 12.2 Å². The minimum Gasteiger partial charge on any atom is -0.469 e.